The normalized spacial score (nSPS) is 10.2. The largest absolute Gasteiger partial charge is 0.296 e. The van der Waals surface area contributed by atoms with Crippen molar-refractivity contribution in [2.24, 2.45) is 0 Å². The highest BCUT2D eigenvalue weighted by Gasteiger charge is 2.14. The lowest BCUT2D eigenvalue weighted by Crippen LogP contribution is -2.14. The molecule has 0 radical (unpaired) electrons. The minimum atomic E-state index is -0.475. The first-order chi connectivity index (χ1) is 12.5. The SMILES string of the molecule is Cc1nc(C(=O)Nc2nc(-c3cccc([N+](=O)[O-])c3)cs2)ccc1C#N. The Labute approximate surface area is 151 Å². The number of thiazole rings is 1. The molecule has 0 bridgehead atoms. The summed E-state index contributed by atoms with van der Waals surface area (Å²) in [5.74, 6) is -0.447. The number of anilines is 1. The van der Waals surface area contributed by atoms with Gasteiger partial charge in [0.2, 0.25) is 0 Å². The highest BCUT2D eigenvalue weighted by atomic mass is 32.1. The van der Waals surface area contributed by atoms with Gasteiger partial charge in [-0.25, -0.2) is 9.97 Å². The monoisotopic (exact) mass is 365 g/mol. The average Bonchev–Trinajstić information content (AvgIpc) is 3.10. The average molecular weight is 365 g/mol. The number of nitrogens with one attached hydrogen (secondary N) is 1. The van der Waals surface area contributed by atoms with Crippen molar-refractivity contribution >= 4 is 28.1 Å². The molecule has 2 heterocycles. The highest BCUT2D eigenvalue weighted by Crippen LogP contribution is 2.27. The van der Waals surface area contributed by atoms with Crippen LogP contribution in [0.5, 0.6) is 0 Å². The summed E-state index contributed by atoms with van der Waals surface area (Å²) in [5, 5.41) is 24.5. The topological polar surface area (TPSA) is 122 Å². The zero-order valence-electron chi connectivity index (χ0n) is 13.5. The number of amides is 1. The van der Waals surface area contributed by atoms with Crippen LogP contribution in [0.1, 0.15) is 21.7 Å². The molecular weight excluding hydrogens is 354 g/mol. The lowest BCUT2D eigenvalue weighted by atomic mass is 10.1. The molecule has 0 fully saturated rings. The van der Waals surface area contributed by atoms with E-state index in [9.17, 15) is 14.9 Å². The number of benzene rings is 1. The van der Waals surface area contributed by atoms with Crippen LogP contribution in [-0.2, 0) is 0 Å². The molecular formula is C17H11N5O3S. The van der Waals surface area contributed by atoms with E-state index in [1.165, 1.54) is 35.6 Å². The summed E-state index contributed by atoms with van der Waals surface area (Å²) in [6.45, 7) is 1.65. The van der Waals surface area contributed by atoms with E-state index in [4.69, 9.17) is 5.26 Å². The Balaban J connectivity index is 1.79. The number of rotatable bonds is 4. The van der Waals surface area contributed by atoms with Crippen LogP contribution in [0, 0.1) is 28.4 Å². The maximum atomic E-state index is 12.3. The lowest BCUT2D eigenvalue weighted by molar-refractivity contribution is -0.384. The molecule has 0 aliphatic rings. The standard InChI is InChI=1S/C17H11N5O3S/c1-10-12(8-18)5-6-14(19-10)16(23)21-17-20-15(9-26-17)11-3-2-4-13(7-11)22(24)25/h2-7,9H,1H3,(H,20,21,23). The maximum absolute atomic E-state index is 12.3. The van der Waals surface area contributed by atoms with Gasteiger partial charge < -0.3 is 0 Å². The van der Waals surface area contributed by atoms with Gasteiger partial charge in [-0.1, -0.05) is 12.1 Å². The number of aromatic nitrogens is 2. The minimum Gasteiger partial charge on any atom is -0.296 e. The maximum Gasteiger partial charge on any atom is 0.276 e. The fourth-order valence-corrected chi connectivity index (χ4v) is 2.92. The van der Waals surface area contributed by atoms with Gasteiger partial charge in [-0.2, -0.15) is 5.26 Å². The van der Waals surface area contributed by atoms with Gasteiger partial charge in [0, 0.05) is 23.1 Å². The first-order valence-electron chi connectivity index (χ1n) is 7.37. The van der Waals surface area contributed by atoms with Gasteiger partial charge in [-0.15, -0.1) is 11.3 Å². The zero-order chi connectivity index (χ0) is 18.7. The van der Waals surface area contributed by atoms with E-state index in [1.54, 1.807) is 24.4 Å². The van der Waals surface area contributed by atoms with E-state index in [-0.39, 0.29) is 11.4 Å². The van der Waals surface area contributed by atoms with Gasteiger partial charge in [0.25, 0.3) is 11.6 Å². The van der Waals surface area contributed by atoms with Crippen LogP contribution in [0.2, 0.25) is 0 Å². The number of pyridine rings is 1. The molecule has 0 unspecified atom stereocenters. The molecule has 0 spiro atoms. The number of nitro groups is 1. The van der Waals surface area contributed by atoms with Crippen LogP contribution < -0.4 is 5.32 Å². The van der Waals surface area contributed by atoms with Crippen LogP contribution in [0.25, 0.3) is 11.3 Å². The van der Waals surface area contributed by atoms with Crippen molar-refractivity contribution in [2.45, 2.75) is 6.92 Å². The Bertz CT molecular complexity index is 1050. The van der Waals surface area contributed by atoms with E-state index in [0.717, 1.165) is 0 Å². The first-order valence-corrected chi connectivity index (χ1v) is 8.25. The molecule has 3 aromatic rings. The van der Waals surface area contributed by atoms with E-state index in [1.807, 2.05) is 6.07 Å². The number of nitriles is 1. The van der Waals surface area contributed by atoms with Gasteiger partial charge in [0.05, 0.1) is 21.9 Å². The fraction of sp³-hybridized carbons (Fsp3) is 0.0588. The molecule has 1 amide bonds. The summed E-state index contributed by atoms with van der Waals surface area (Å²) >= 11 is 1.20. The molecule has 26 heavy (non-hydrogen) atoms. The Kier molecular flexibility index (Phi) is 4.68. The van der Waals surface area contributed by atoms with Crippen molar-refractivity contribution < 1.29 is 9.72 Å². The summed E-state index contributed by atoms with van der Waals surface area (Å²) < 4.78 is 0. The highest BCUT2D eigenvalue weighted by molar-refractivity contribution is 7.14. The number of carbonyl (C=O) groups is 1. The molecule has 0 aliphatic heterocycles. The van der Waals surface area contributed by atoms with E-state index >= 15 is 0 Å². The minimum absolute atomic E-state index is 0.0293. The first kappa shape index (κ1) is 17.2. The summed E-state index contributed by atoms with van der Waals surface area (Å²) in [4.78, 5) is 31.1. The van der Waals surface area contributed by atoms with Crippen molar-refractivity contribution in [1.82, 2.24) is 9.97 Å². The predicted octanol–water partition coefficient (Wildman–Crippen LogP) is 3.55. The number of carbonyl (C=O) groups excluding carboxylic acids is 1. The number of hydrogen-bond acceptors (Lipinski definition) is 7. The zero-order valence-corrected chi connectivity index (χ0v) is 14.3. The van der Waals surface area contributed by atoms with Gasteiger partial charge in [-0.05, 0) is 19.1 Å². The van der Waals surface area contributed by atoms with Crippen molar-refractivity contribution in [3.63, 3.8) is 0 Å². The molecule has 1 aromatic carbocycles. The van der Waals surface area contributed by atoms with Gasteiger partial charge >= 0.3 is 0 Å². The third-order valence-corrected chi connectivity index (χ3v) is 4.27. The molecule has 3 rings (SSSR count). The second-order valence-electron chi connectivity index (χ2n) is 5.24. The van der Waals surface area contributed by atoms with Crippen molar-refractivity contribution in [3.05, 3.63) is 68.8 Å². The third-order valence-electron chi connectivity index (χ3n) is 3.52. The van der Waals surface area contributed by atoms with Gasteiger partial charge in [0.1, 0.15) is 11.8 Å². The van der Waals surface area contributed by atoms with Gasteiger partial charge in [0.15, 0.2) is 5.13 Å². The summed E-state index contributed by atoms with van der Waals surface area (Å²) in [6.07, 6.45) is 0. The second-order valence-corrected chi connectivity index (χ2v) is 6.10. The molecule has 0 saturated heterocycles. The van der Waals surface area contributed by atoms with Crippen LogP contribution in [0.15, 0.2) is 41.8 Å². The number of non-ortho nitro benzene ring substituents is 1. The molecule has 0 aliphatic carbocycles. The number of nitrogens with zero attached hydrogens (tertiary/aromatic N) is 4. The van der Waals surface area contributed by atoms with Crippen LogP contribution in [0.3, 0.4) is 0 Å². The van der Waals surface area contributed by atoms with Gasteiger partial charge in [-0.3, -0.25) is 20.2 Å². The Morgan fingerprint density at radius 2 is 2.12 bits per heavy atom. The van der Waals surface area contributed by atoms with Crippen molar-refractivity contribution in [3.8, 4) is 17.3 Å². The summed E-state index contributed by atoms with van der Waals surface area (Å²) in [6, 6.07) is 11.1. The fourth-order valence-electron chi connectivity index (χ4n) is 2.21. The number of hydrogen-bond donors (Lipinski definition) is 1. The third kappa shape index (κ3) is 3.55. The van der Waals surface area contributed by atoms with E-state index in [0.29, 0.717) is 27.6 Å². The number of aryl methyl sites for hydroxylation is 1. The van der Waals surface area contributed by atoms with Crippen molar-refractivity contribution in [1.29, 1.82) is 5.26 Å². The molecule has 0 saturated carbocycles. The van der Waals surface area contributed by atoms with E-state index in [2.05, 4.69) is 15.3 Å². The smallest absolute Gasteiger partial charge is 0.276 e. The van der Waals surface area contributed by atoms with Crippen LogP contribution in [0.4, 0.5) is 10.8 Å². The molecule has 2 aromatic heterocycles. The molecule has 128 valence electrons. The number of nitro benzene ring substituents is 1. The Morgan fingerprint density at radius 1 is 1.31 bits per heavy atom. The lowest BCUT2D eigenvalue weighted by Gasteiger charge is -2.03. The van der Waals surface area contributed by atoms with Crippen molar-refractivity contribution in [2.75, 3.05) is 5.32 Å². The summed E-state index contributed by atoms with van der Waals surface area (Å²) in [5.41, 5.74) is 2.13. The Morgan fingerprint density at radius 3 is 2.81 bits per heavy atom. The molecule has 1 N–H and O–H groups in total. The Hall–Kier alpha value is -3.64. The van der Waals surface area contributed by atoms with Crippen LogP contribution in [-0.4, -0.2) is 20.8 Å². The van der Waals surface area contributed by atoms with E-state index < -0.39 is 10.8 Å². The molecule has 8 nitrogen and oxygen atoms in total. The predicted molar refractivity (Wildman–Crippen MR) is 95.8 cm³/mol. The van der Waals surface area contributed by atoms with Crippen LogP contribution >= 0.6 is 11.3 Å². The summed E-state index contributed by atoms with van der Waals surface area (Å²) in [7, 11) is 0. The quantitative estimate of drug-likeness (QED) is 0.557. The second kappa shape index (κ2) is 7.08. The molecule has 0 atom stereocenters. The molecule has 9 heteroatoms.